The molecule has 1 aliphatic heterocycles. The van der Waals surface area contributed by atoms with Crippen LogP contribution in [0.3, 0.4) is 0 Å². The Bertz CT molecular complexity index is 1270. The van der Waals surface area contributed by atoms with Crippen molar-refractivity contribution in [3.05, 3.63) is 88.5 Å². The maximum atomic E-state index is 14.8. The summed E-state index contributed by atoms with van der Waals surface area (Å²) in [5, 5.41) is 0.466. The van der Waals surface area contributed by atoms with Crippen LogP contribution in [0.1, 0.15) is 11.1 Å². The van der Waals surface area contributed by atoms with E-state index in [9.17, 15) is 9.18 Å². The lowest BCUT2D eigenvalue weighted by Crippen LogP contribution is -2.21. The summed E-state index contributed by atoms with van der Waals surface area (Å²) in [6, 6.07) is 12.7. The number of hydrogen-bond donors (Lipinski definition) is 2. The smallest absolute Gasteiger partial charge is 0.261 e. The Morgan fingerprint density at radius 1 is 1.11 bits per heavy atom. The Morgan fingerprint density at radius 2 is 1.96 bits per heavy atom. The molecule has 4 aromatic rings. The second kappa shape index (κ2) is 6.54. The number of fused-ring (bicyclic) bond motifs is 2. The van der Waals surface area contributed by atoms with Crippen LogP contribution in [0.2, 0.25) is 0 Å². The first-order chi connectivity index (χ1) is 13.7. The molecule has 0 spiro atoms. The summed E-state index contributed by atoms with van der Waals surface area (Å²) in [6.45, 7) is 0.888. The highest BCUT2D eigenvalue weighted by atomic mass is 19.1. The van der Waals surface area contributed by atoms with Crippen LogP contribution in [-0.4, -0.2) is 14.5 Å². The number of benzene rings is 2. The maximum absolute atomic E-state index is 14.8. The SMILES string of the molecule is O=c1c2ccncc2ncn1Cc1ccc(-c2ccc3c(c2)NNC3)cc1F. The van der Waals surface area contributed by atoms with E-state index in [1.54, 1.807) is 18.3 Å². The Labute approximate surface area is 159 Å². The number of aromatic nitrogens is 3. The summed E-state index contributed by atoms with van der Waals surface area (Å²) in [5.41, 5.74) is 10.8. The molecule has 2 aromatic carbocycles. The zero-order valence-corrected chi connectivity index (χ0v) is 14.8. The van der Waals surface area contributed by atoms with Gasteiger partial charge in [-0.2, -0.15) is 0 Å². The first-order valence-electron chi connectivity index (χ1n) is 8.89. The molecule has 5 rings (SSSR count). The van der Waals surface area contributed by atoms with Gasteiger partial charge in [0.25, 0.3) is 5.56 Å². The van der Waals surface area contributed by atoms with E-state index >= 15 is 0 Å². The number of halogens is 1. The van der Waals surface area contributed by atoms with E-state index in [-0.39, 0.29) is 17.9 Å². The van der Waals surface area contributed by atoms with Crippen LogP contribution in [0.5, 0.6) is 0 Å². The highest BCUT2D eigenvalue weighted by molar-refractivity contribution is 5.75. The van der Waals surface area contributed by atoms with Crippen LogP contribution in [0.4, 0.5) is 10.1 Å². The number of pyridine rings is 1. The third kappa shape index (κ3) is 2.82. The van der Waals surface area contributed by atoms with Crippen molar-refractivity contribution in [2.75, 3.05) is 5.43 Å². The number of hydrogen-bond acceptors (Lipinski definition) is 5. The van der Waals surface area contributed by atoms with Crippen LogP contribution >= 0.6 is 0 Å². The Balaban J connectivity index is 1.47. The molecule has 0 bridgehead atoms. The van der Waals surface area contributed by atoms with Crippen molar-refractivity contribution in [1.29, 1.82) is 0 Å². The van der Waals surface area contributed by atoms with E-state index in [1.165, 1.54) is 28.7 Å². The molecule has 0 atom stereocenters. The van der Waals surface area contributed by atoms with Crippen LogP contribution < -0.4 is 16.4 Å². The molecular formula is C21H16FN5O. The minimum atomic E-state index is -0.356. The van der Waals surface area contributed by atoms with Crippen molar-refractivity contribution < 1.29 is 4.39 Å². The number of nitrogens with one attached hydrogen (secondary N) is 2. The molecular weight excluding hydrogens is 357 g/mol. The second-order valence-corrected chi connectivity index (χ2v) is 6.73. The fraction of sp³-hybridized carbons (Fsp3) is 0.0952. The largest absolute Gasteiger partial charge is 0.321 e. The van der Waals surface area contributed by atoms with Crippen LogP contribution in [-0.2, 0) is 13.1 Å². The molecule has 6 nitrogen and oxygen atoms in total. The fourth-order valence-electron chi connectivity index (χ4n) is 3.42. The molecule has 138 valence electrons. The van der Waals surface area contributed by atoms with Gasteiger partial charge in [0.2, 0.25) is 0 Å². The average Bonchev–Trinajstić information content (AvgIpc) is 3.19. The number of rotatable bonds is 3. The molecule has 3 heterocycles. The molecule has 0 radical (unpaired) electrons. The van der Waals surface area contributed by atoms with E-state index in [4.69, 9.17) is 0 Å². The van der Waals surface area contributed by atoms with Gasteiger partial charge >= 0.3 is 0 Å². The summed E-state index contributed by atoms with van der Waals surface area (Å²) in [4.78, 5) is 20.8. The normalized spacial score (nSPS) is 12.8. The van der Waals surface area contributed by atoms with Crippen molar-refractivity contribution in [2.45, 2.75) is 13.1 Å². The first-order valence-corrected chi connectivity index (χ1v) is 8.89. The lowest BCUT2D eigenvalue weighted by Gasteiger charge is -2.10. The monoisotopic (exact) mass is 373 g/mol. The summed E-state index contributed by atoms with van der Waals surface area (Å²) in [7, 11) is 0. The van der Waals surface area contributed by atoms with Crippen LogP contribution in [0.15, 0.2) is 66.0 Å². The van der Waals surface area contributed by atoms with Crippen molar-refractivity contribution >= 4 is 16.6 Å². The topological polar surface area (TPSA) is 71.8 Å². The number of anilines is 1. The molecule has 0 aliphatic carbocycles. The van der Waals surface area contributed by atoms with Gasteiger partial charge in [-0.3, -0.25) is 14.3 Å². The van der Waals surface area contributed by atoms with Gasteiger partial charge < -0.3 is 5.43 Å². The van der Waals surface area contributed by atoms with Crippen molar-refractivity contribution in [2.24, 2.45) is 0 Å². The third-order valence-electron chi connectivity index (χ3n) is 4.97. The molecule has 2 N–H and O–H groups in total. The van der Waals surface area contributed by atoms with Gasteiger partial charge in [0.15, 0.2) is 0 Å². The molecule has 0 saturated carbocycles. The molecule has 0 saturated heterocycles. The van der Waals surface area contributed by atoms with Gasteiger partial charge in [0.1, 0.15) is 5.82 Å². The van der Waals surface area contributed by atoms with Gasteiger partial charge in [-0.05, 0) is 34.9 Å². The lowest BCUT2D eigenvalue weighted by atomic mass is 10.0. The Morgan fingerprint density at radius 3 is 2.86 bits per heavy atom. The number of nitrogens with zero attached hydrogens (tertiary/aromatic N) is 3. The Kier molecular flexibility index (Phi) is 3.87. The van der Waals surface area contributed by atoms with Crippen molar-refractivity contribution in [1.82, 2.24) is 20.0 Å². The summed E-state index contributed by atoms with van der Waals surface area (Å²) >= 11 is 0. The van der Waals surface area contributed by atoms with E-state index in [1.807, 2.05) is 24.3 Å². The van der Waals surface area contributed by atoms with Gasteiger partial charge in [0, 0.05) is 18.3 Å². The fourth-order valence-corrected chi connectivity index (χ4v) is 3.42. The number of hydrazine groups is 1. The van der Waals surface area contributed by atoms with Gasteiger partial charge in [-0.15, -0.1) is 0 Å². The average molecular weight is 373 g/mol. The molecule has 0 unspecified atom stereocenters. The Hall–Kier alpha value is -3.58. The first kappa shape index (κ1) is 16.6. The van der Waals surface area contributed by atoms with Crippen LogP contribution in [0.25, 0.3) is 22.0 Å². The van der Waals surface area contributed by atoms with E-state index < -0.39 is 0 Å². The second-order valence-electron chi connectivity index (χ2n) is 6.73. The van der Waals surface area contributed by atoms with Gasteiger partial charge in [0.05, 0.1) is 35.7 Å². The zero-order valence-electron chi connectivity index (χ0n) is 14.8. The standard InChI is InChI=1S/C21H16FN5O/c22-18-7-13(14-1-3-15-9-25-26-19(15)8-14)2-4-16(18)11-27-12-24-20-10-23-6-5-17(20)21(27)28/h1-8,10,12,25-26H,9,11H2. The predicted octanol–water partition coefficient (Wildman–Crippen LogP) is 3.08. The minimum absolute atomic E-state index is 0.117. The zero-order chi connectivity index (χ0) is 19.1. The van der Waals surface area contributed by atoms with E-state index in [0.717, 1.165) is 23.4 Å². The molecule has 7 heteroatoms. The van der Waals surface area contributed by atoms with Crippen molar-refractivity contribution in [3.8, 4) is 11.1 Å². The summed E-state index contributed by atoms with van der Waals surface area (Å²) in [6.07, 6.45) is 4.52. The molecule has 0 amide bonds. The molecule has 0 fully saturated rings. The highest BCUT2D eigenvalue weighted by Crippen LogP contribution is 2.28. The van der Waals surface area contributed by atoms with Gasteiger partial charge in [-0.1, -0.05) is 24.3 Å². The van der Waals surface area contributed by atoms with Crippen LogP contribution in [0, 0.1) is 5.82 Å². The lowest BCUT2D eigenvalue weighted by molar-refractivity contribution is 0.596. The third-order valence-corrected chi connectivity index (χ3v) is 4.97. The van der Waals surface area contributed by atoms with E-state index in [2.05, 4.69) is 20.8 Å². The summed E-state index contributed by atoms with van der Waals surface area (Å²) < 4.78 is 16.2. The summed E-state index contributed by atoms with van der Waals surface area (Å²) in [5.74, 6) is -0.356. The molecule has 1 aliphatic rings. The quantitative estimate of drug-likeness (QED) is 0.578. The van der Waals surface area contributed by atoms with Crippen molar-refractivity contribution in [3.63, 3.8) is 0 Å². The minimum Gasteiger partial charge on any atom is -0.321 e. The highest BCUT2D eigenvalue weighted by Gasteiger charge is 2.12. The predicted molar refractivity (Wildman–Crippen MR) is 105 cm³/mol. The van der Waals surface area contributed by atoms with E-state index in [0.29, 0.717) is 16.5 Å². The molecule has 28 heavy (non-hydrogen) atoms. The maximum Gasteiger partial charge on any atom is 0.261 e. The van der Waals surface area contributed by atoms with Gasteiger partial charge in [-0.25, -0.2) is 14.8 Å². The molecule has 2 aromatic heterocycles.